The smallest absolute Gasteiger partial charge is 0.230 e. The highest BCUT2D eigenvalue weighted by molar-refractivity contribution is 5.86. The van der Waals surface area contributed by atoms with Crippen LogP contribution in [0.15, 0.2) is 51.8 Å². The lowest BCUT2D eigenvalue weighted by molar-refractivity contribution is 0.439. The quantitative estimate of drug-likeness (QED) is 0.744. The zero-order valence-corrected chi connectivity index (χ0v) is 9.88. The fourth-order valence-electron chi connectivity index (χ4n) is 1.90. The molecule has 3 aromatic rings. The highest BCUT2D eigenvalue weighted by Gasteiger charge is 2.17. The molecule has 0 saturated carbocycles. The van der Waals surface area contributed by atoms with Gasteiger partial charge in [-0.25, -0.2) is 0 Å². The van der Waals surface area contributed by atoms with Gasteiger partial charge in [0.25, 0.3) is 0 Å². The Hall–Kier alpha value is -2.49. The molecule has 0 atom stereocenters. The minimum absolute atomic E-state index is 0.315. The van der Waals surface area contributed by atoms with E-state index in [0.29, 0.717) is 11.6 Å². The Balaban J connectivity index is 2.17. The fraction of sp³-hybridized carbons (Fsp3) is 0.0714. The molecule has 4 nitrogen and oxygen atoms in total. The van der Waals surface area contributed by atoms with E-state index in [1.807, 2.05) is 37.3 Å². The summed E-state index contributed by atoms with van der Waals surface area (Å²) >= 11 is 0. The number of anilines is 1. The molecule has 2 N–H and O–H groups in total. The SMILES string of the molecule is Cc1ccc(-c2c(-c3ccoc3)noc2N)cc1. The number of aromatic nitrogens is 1. The standard InChI is InChI=1S/C14H12N2O2/c1-9-2-4-10(5-3-9)12-13(16-18-14(12)15)11-6-7-17-8-11/h2-8H,15H2,1H3. The van der Waals surface area contributed by atoms with Crippen LogP contribution in [0.3, 0.4) is 0 Å². The van der Waals surface area contributed by atoms with Crippen molar-refractivity contribution in [3.63, 3.8) is 0 Å². The lowest BCUT2D eigenvalue weighted by Crippen LogP contribution is -1.87. The van der Waals surface area contributed by atoms with Crippen LogP contribution in [-0.4, -0.2) is 5.16 Å². The molecule has 4 heteroatoms. The lowest BCUT2D eigenvalue weighted by atomic mass is 10.0. The first-order chi connectivity index (χ1) is 8.75. The van der Waals surface area contributed by atoms with Crippen molar-refractivity contribution in [3.8, 4) is 22.4 Å². The summed E-state index contributed by atoms with van der Waals surface area (Å²) in [7, 11) is 0. The molecule has 0 fully saturated rings. The van der Waals surface area contributed by atoms with Crippen LogP contribution >= 0.6 is 0 Å². The summed E-state index contributed by atoms with van der Waals surface area (Å²) in [6.07, 6.45) is 3.22. The molecule has 1 aromatic carbocycles. The number of nitrogens with two attached hydrogens (primary N) is 1. The molecular formula is C14H12N2O2. The van der Waals surface area contributed by atoms with Crippen molar-refractivity contribution in [2.45, 2.75) is 6.92 Å². The maximum absolute atomic E-state index is 5.86. The molecule has 0 aliphatic heterocycles. The molecule has 90 valence electrons. The molecule has 0 saturated heterocycles. The Kier molecular flexibility index (Phi) is 2.41. The van der Waals surface area contributed by atoms with E-state index in [1.54, 1.807) is 12.5 Å². The van der Waals surface area contributed by atoms with Crippen LogP contribution in [-0.2, 0) is 0 Å². The Morgan fingerprint density at radius 2 is 1.83 bits per heavy atom. The van der Waals surface area contributed by atoms with Gasteiger partial charge in [-0.2, -0.15) is 0 Å². The zero-order valence-electron chi connectivity index (χ0n) is 9.88. The molecule has 3 rings (SSSR count). The summed E-state index contributed by atoms with van der Waals surface area (Å²) in [5.41, 5.74) is 10.4. The highest BCUT2D eigenvalue weighted by Crippen LogP contribution is 2.36. The second kappa shape index (κ2) is 4.07. The van der Waals surface area contributed by atoms with Crippen LogP contribution < -0.4 is 5.73 Å². The molecular weight excluding hydrogens is 228 g/mol. The molecule has 2 aromatic heterocycles. The molecule has 0 aliphatic rings. The second-order valence-corrected chi connectivity index (χ2v) is 4.15. The van der Waals surface area contributed by atoms with Gasteiger partial charge in [-0.3, -0.25) is 0 Å². The van der Waals surface area contributed by atoms with Gasteiger partial charge in [-0.15, -0.1) is 0 Å². The number of nitrogen functional groups attached to an aromatic ring is 1. The predicted molar refractivity (Wildman–Crippen MR) is 68.8 cm³/mol. The summed E-state index contributed by atoms with van der Waals surface area (Å²) in [5, 5.41) is 4.00. The number of hydrogen-bond donors (Lipinski definition) is 1. The van der Waals surface area contributed by atoms with Crippen LogP contribution in [0.4, 0.5) is 5.88 Å². The molecule has 0 unspecified atom stereocenters. The van der Waals surface area contributed by atoms with Crippen molar-refractivity contribution in [1.29, 1.82) is 0 Å². The number of rotatable bonds is 2. The summed E-state index contributed by atoms with van der Waals surface area (Å²) in [6.45, 7) is 2.04. The van der Waals surface area contributed by atoms with Crippen molar-refractivity contribution < 1.29 is 8.94 Å². The van der Waals surface area contributed by atoms with Crippen molar-refractivity contribution >= 4 is 5.88 Å². The van der Waals surface area contributed by atoms with E-state index < -0.39 is 0 Å². The number of furan rings is 1. The van der Waals surface area contributed by atoms with Gasteiger partial charge >= 0.3 is 0 Å². The van der Waals surface area contributed by atoms with Gasteiger partial charge in [0.1, 0.15) is 5.69 Å². The van der Waals surface area contributed by atoms with E-state index in [0.717, 1.165) is 16.7 Å². The first kappa shape index (κ1) is 10.7. The second-order valence-electron chi connectivity index (χ2n) is 4.15. The van der Waals surface area contributed by atoms with Crippen LogP contribution in [0.5, 0.6) is 0 Å². The van der Waals surface area contributed by atoms with Crippen molar-refractivity contribution in [1.82, 2.24) is 5.16 Å². The maximum atomic E-state index is 5.86. The van der Waals surface area contributed by atoms with E-state index in [4.69, 9.17) is 14.7 Å². The Labute approximate surface area is 104 Å². The van der Waals surface area contributed by atoms with Gasteiger partial charge in [-0.1, -0.05) is 35.0 Å². The number of benzene rings is 1. The summed E-state index contributed by atoms with van der Waals surface area (Å²) in [6, 6.07) is 9.89. The Morgan fingerprint density at radius 3 is 2.50 bits per heavy atom. The van der Waals surface area contributed by atoms with Gasteiger partial charge < -0.3 is 14.7 Å². The normalized spacial score (nSPS) is 10.7. The van der Waals surface area contributed by atoms with Crippen LogP contribution in [0.1, 0.15) is 5.56 Å². The third-order valence-corrected chi connectivity index (χ3v) is 2.85. The lowest BCUT2D eigenvalue weighted by Gasteiger charge is -2.01. The Morgan fingerprint density at radius 1 is 1.06 bits per heavy atom. The van der Waals surface area contributed by atoms with E-state index in [1.165, 1.54) is 5.56 Å². The fourth-order valence-corrected chi connectivity index (χ4v) is 1.90. The van der Waals surface area contributed by atoms with E-state index in [2.05, 4.69) is 5.16 Å². The Bertz CT molecular complexity index is 652. The van der Waals surface area contributed by atoms with Crippen molar-refractivity contribution in [3.05, 3.63) is 48.4 Å². The van der Waals surface area contributed by atoms with Crippen molar-refractivity contribution in [2.24, 2.45) is 0 Å². The summed E-state index contributed by atoms with van der Waals surface area (Å²) < 4.78 is 10.2. The zero-order chi connectivity index (χ0) is 12.5. The minimum Gasteiger partial charge on any atom is -0.472 e. The van der Waals surface area contributed by atoms with Crippen LogP contribution in [0, 0.1) is 6.92 Å². The molecule has 2 heterocycles. The van der Waals surface area contributed by atoms with Gasteiger partial charge in [0, 0.05) is 5.56 Å². The van der Waals surface area contributed by atoms with E-state index in [9.17, 15) is 0 Å². The van der Waals surface area contributed by atoms with Gasteiger partial charge in [0.2, 0.25) is 5.88 Å². The summed E-state index contributed by atoms with van der Waals surface area (Å²) in [4.78, 5) is 0. The van der Waals surface area contributed by atoms with Crippen LogP contribution in [0.25, 0.3) is 22.4 Å². The number of hydrogen-bond acceptors (Lipinski definition) is 4. The van der Waals surface area contributed by atoms with Gasteiger partial charge in [0.15, 0.2) is 0 Å². The predicted octanol–water partition coefficient (Wildman–Crippen LogP) is 3.49. The first-order valence-electron chi connectivity index (χ1n) is 5.60. The van der Waals surface area contributed by atoms with E-state index >= 15 is 0 Å². The minimum atomic E-state index is 0.315. The van der Waals surface area contributed by atoms with Crippen molar-refractivity contribution in [2.75, 3.05) is 5.73 Å². The first-order valence-corrected chi connectivity index (χ1v) is 5.60. The molecule has 0 bridgehead atoms. The average Bonchev–Trinajstić information content (AvgIpc) is 2.99. The molecule has 0 radical (unpaired) electrons. The highest BCUT2D eigenvalue weighted by atomic mass is 16.5. The average molecular weight is 240 g/mol. The topological polar surface area (TPSA) is 65.2 Å². The summed E-state index contributed by atoms with van der Waals surface area (Å²) in [5.74, 6) is 0.315. The largest absolute Gasteiger partial charge is 0.472 e. The van der Waals surface area contributed by atoms with Crippen LogP contribution in [0.2, 0.25) is 0 Å². The monoisotopic (exact) mass is 240 g/mol. The van der Waals surface area contributed by atoms with Gasteiger partial charge in [0.05, 0.1) is 18.1 Å². The molecule has 0 amide bonds. The third kappa shape index (κ3) is 1.68. The third-order valence-electron chi connectivity index (χ3n) is 2.85. The number of aryl methyl sites for hydroxylation is 1. The molecule has 0 spiro atoms. The maximum Gasteiger partial charge on any atom is 0.230 e. The molecule has 18 heavy (non-hydrogen) atoms. The van der Waals surface area contributed by atoms with E-state index in [-0.39, 0.29) is 0 Å². The number of nitrogens with zero attached hydrogens (tertiary/aromatic N) is 1. The molecule has 0 aliphatic carbocycles. The van der Waals surface area contributed by atoms with Gasteiger partial charge in [-0.05, 0) is 18.6 Å².